The number of nitrogens with zero attached hydrogens (tertiary/aromatic N) is 1. The van der Waals surface area contributed by atoms with E-state index >= 15 is 0 Å². The number of rotatable bonds is 0. The quantitative estimate of drug-likeness (QED) is 0.529. The summed E-state index contributed by atoms with van der Waals surface area (Å²) < 4.78 is 0. The first-order valence-electron chi connectivity index (χ1n) is 2.23. The first-order valence-corrected chi connectivity index (χ1v) is 3.39. The highest BCUT2D eigenvalue weighted by Gasteiger charge is 2.11. The van der Waals surface area contributed by atoms with Crippen molar-refractivity contribution in [2.75, 3.05) is 11.5 Å². The minimum atomic E-state index is 0.262. The molecule has 0 saturated carbocycles. The Hall–Kier alpha value is -0.620. The molecule has 1 rings (SSSR count). The van der Waals surface area contributed by atoms with Crippen LogP contribution >= 0.6 is 11.8 Å². The number of aliphatic hydroxyl groups excluding tert-OH is 1. The van der Waals surface area contributed by atoms with E-state index in [2.05, 4.69) is 0 Å². The van der Waals surface area contributed by atoms with Crippen LogP contribution in [0.3, 0.4) is 0 Å². The molecule has 0 bridgehead atoms. The summed E-state index contributed by atoms with van der Waals surface area (Å²) >= 11 is 1.57. The number of nitriles is 1. The topological polar surface area (TPSA) is 44.0 Å². The molecular weight excluding hydrogens is 122 g/mol. The summed E-state index contributed by atoms with van der Waals surface area (Å²) in [5.74, 6) is 1.56. The van der Waals surface area contributed by atoms with Crippen LogP contribution in [-0.2, 0) is 0 Å². The van der Waals surface area contributed by atoms with Crippen molar-refractivity contribution in [3.8, 4) is 6.07 Å². The highest BCUT2D eigenvalue weighted by atomic mass is 32.2. The van der Waals surface area contributed by atoms with Crippen molar-refractivity contribution in [3.05, 3.63) is 11.3 Å². The molecule has 42 valence electrons. The van der Waals surface area contributed by atoms with E-state index in [-0.39, 0.29) is 5.76 Å². The van der Waals surface area contributed by atoms with Gasteiger partial charge in [0.25, 0.3) is 0 Å². The zero-order valence-corrected chi connectivity index (χ0v) is 5.03. The Morgan fingerprint density at radius 1 is 1.62 bits per heavy atom. The van der Waals surface area contributed by atoms with Gasteiger partial charge >= 0.3 is 0 Å². The smallest absolute Gasteiger partial charge is 0.117 e. The Morgan fingerprint density at radius 2 is 2.38 bits per heavy atom. The highest BCUT2D eigenvalue weighted by Crippen LogP contribution is 2.21. The van der Waals surface area contributed by atoms with Crippen LogP contribution in [0.5, 0.6) is 0 Å². The fourth-order valence-electron chi connectivity index (χ4n) is 0.517. The average molecular weight is 127 g/mol. The Balaban J connectivity index is 2.77. The van der Waals surface area contributed by atoms with Crippen LogP contribution in [0.2, 0.25) is 0 Å². The van der Waals surface area contributed by atoms with Gasteiger partial charge in [-0.15, -0.1) is 11.8 Å². The maximum absolute atomic E-state index is 8.83. The fourth-order valence-corrected chi connectivity index (χ4v) is 1.42. The molecule has 0 radical (unpaired) electrons. The van der Waals surface area contributed by atoms with Crippen LogP contribution < -0.4 is 0 Å². The molecule has 0 amide bonds. The van der Waals surface area contributed by atoms with E-state index in [4.69, 9.17) is 10.4 Å². The predicted octanol–water partition coefficient (Wildman–Crippen LogP) is 1.07. The molecule has 0 aromatic rings. The van der Waals surface area contributed by atoms with Crippen molar-refractivity contribution in [2.24, 2.45) is 0 Å². The second kappa shape index (κ2) is 2.10. The molecule has 0 aliphatic carbocycles. The third kappa shape index (κ3) is 0.797. The maximum Gasteiger partial charge on any atom is 0.117 e. The van der Waals surface area contributed by atoms with Gasteiger partial charge in [-0.25, -0.2) is 0 Å². The van der Waals surface area contributed by atoms with E-state index in [9.17, 15) is 0 Å². The summed E-state index contributed by atoms with van der Waals surface area (Å²) in [5.41, 5.74) is 0.537. The van der Waals surface area contributed by atoms with Crippen molar-refractivity contribution in [1.29, 1.82) is 5.26 Å². The summed E-state index contributed by atoms with van der Waals surface area (Å²) in [6.07, 6.45) is 0. The lowest BCUT2D eigenvalue weighted by molar-refractivity contribution is 0.415. The van der Waals surface area contributed by atoms with E-state index in [1.165, 1.54) is 0 Å². The molecule has 0 aromatic carbocycles. The standard InChI is InChI=1S/C5H5NOS/c6-1-4-2-8-3-5(4)7/h7H,2-3H2. The second-order valence-corrected chi connectivity index (χ2v) is 2.52. The highest BCUT2D eigenvalue weighted by molar-refractivity contribution is 7.99. The van der Waals surface area contributed by atoms with Crippen LogP contribution in [0.15, 0.2) is 11.3 Å². The normalized spacial score (nSPS) is 18.9. The van der Waals surface area contributed by atoms with Crippen LogP contribution in [0, 0.1) is 11.3 Å². The lowest BCUT2D eigenvalue weighted by Crippen LogP contribution is -1.81. The second-order valence-electron chi connectivity index (χ2n) is 1.53. The monoisotopic (exact) mass is 127 g/mol. The first-order chi connectivity index (χ1) is 3.84. The lowest BCUT2D eigenvalue weighted by atomic mass is 10.3. The van der Waals surface area contributed by atoms with Gasteiger partial charge < -0.3 is 5.11 Å². The summed E-state index contributed by atoms with van der Waals surface area (Å²) in [4.78, 5) is 0. The van der Waals surface area contributed by atoms with Gasteiger partial charge in [0.05, 0.1) is 17.4 Å². The van der Waals surface area contributed by atoms with E-state index in [1.54, 1.807) is 11.8 Å². The third-order valence-corrected chi connectivity index (χ3v) is 1.94. The molecule has 8 heavy (non-hydrogen) atoms. The Bertz CT molecular complexity index is 168. The maximum atomic E-state index is 8.83. The third-order valence-electron chi connectivity index (χ3n) is 0.968. The first kappa shape index (κ1) is 5.52. The van der Waals surface area contributed by atoms with Gasteiger partial charge in [-0.2, -0.15) is 5.26 Å². The summed E-state index contributed by atoms with van der Waals surface area (Å²) in [6.45, 7) is 0. The Morgan fingerprint density at radius 3 is 2.62 bits per heavy atom. The Labute approximate surface area is 51.8 Å². The largest absolute Gasteiger partial charge is 0.510 e. The van der Waals surface area contributed by atoms with Crippen molar-refractivity contribution in [2.45, 2.75) is 0 Å². The fraction of sp³-hybridized carbons (Fsp3) is 0.400. The van der Waals surface area contributed by atoms with Gasteiger partial charge in [0.1, 0.15) is 5.76 Å². The van der Waals surface area contributed by atoms with E-state index in [0.29, 0.717) is 17.1 Å². The zero-order chi connectivity index (χ0) is 5.98. The minimum Gasteiger partial charge on any atom is -0.510 e. The van der Waals surface area contributed by atoms with E-state index < -0.39 is 0 Å². The molecule has 0 saturated heterocycles. The van der Waals surface area contributed by atoms with Crippen LogP contribution in [0.4, 0.5) is 0 Å². The van der Waals surface area contributed by atoms with Crippen LogP contribution in [-0.4, -0.2) is 16.6 Å². The van der Waals surface area contributed by atoms with E-state index in [0.717, 1.165) is 0 Å². The summed E-state index contributed by atoms with van der Waals surface area (Å²) in [6, 6.07) is 1.92. The summed E-state index contributed by atoms with van der Waals surface area (Å²) in [7, 11) is 0. The van der Waals surface area contributed by atoms with Gasteiger partial charge in [-0.3, -0.25) is 0 Å². The van der Waals surface area contributed by atoms with Crippen molar-refractivity contribution in [1.82, 2.24) is 0 Å². The number of thioether (sulfide) groups is 1. The molecule has 0 atom stereocenters. The van der Waals surface area contributed by atoms with Gasteiger partial charge in [0.15, 0.2) is 0 Å². The lowest BCUT2D eigenvalue weighted by Gasteiger charge is -1.82. The summed E-state index contributed by atoms with van der Waals surface area (Å²) in [5, 5.41) is 17.1. The molecule has 3 heteroatoms. The molecule has 2 nitrogen and oxygen atoms in total. The zero-order valence-electron chi connectivity index (χ0n) is 4.22. The van der Waals surface area contributed by atoms with Crippen molar-refractivity contribution in [3.63, 3.8) is 0 Å². The molecular formula is C5H5NOS. The molecule has 0 fully saturated rings. The van der Waals surface area contributed by atoms with Gasteiger partial charge in [-0.1, -0.05) is 0 Å². The number of hydrogen-bond acceptors (Lipinski definition) is 3. The molecule has 1 aliphatic rings. The Kier molecular flexibility index (Phi) is 1.45. The number of aliphatic hydroxyl groups is 1. The molecule has 0 spiro atoms. The molecule has 1 N–H and O–H groups in total. The van der Waals surface area contributed by atoms with Crippen LogP contribution in [0.1, 0.15) is 0 Å². The average Bonchev–Trinajstić information content (AvgIpc) is 2.14. The minimum absolute atomic E-state index is 0.262. The van der Waals surface area contributed by atoms with Crippen LogP contribution in [0.25, 0.3) is 0 Å². The molecule has 1 aliphatic heterocycles. The van der Waals surface area contributed by atoms with Gasteiger partial charge in [0.2, 0.25) is 0 Å². The van der Waals surface area contributed by atoms with Crippen molar-refractivity contribution >= 4 is 11.8 Å². The predicted molar refractivity (Wildman–Crippen MR) is 32.6 cm³/mol. The van der Waals surface area contributed by atoms with E-state index in [1.807, 2.05) is 6.07 Å². The molecule has 0 unspecified atom stereocenters. The SMILES string of the molecule is N#CC1=C(O)CSC1. The van der Waals surface area contributed by atoms with Crippen molar-refractivity contribution < 1.29 is 5.11 Å². The van der Waals surface area contributed by atoms with Gasteiger partial charge in [0, 0.05) is 5.75 Å². The molecule has 0 aromatic heterocycles. The number of hydrogen-bond donors (Lipinski definition) is 1. The van der Waals surface area contributed by atoms with Gasteiger partial charge in [-0.05, 0) is 0 Å². The molecule has 1 heterocycles.